The fraction of sp³-hybridized carbons (Fsp3) is 0.531. The van der Waals surface area contributed by atoms with Crippen molar-refractivity contribution in [3.05, 3.63) is 70.3 Å². The maximum Gasteiger partial charge on any atom is 0.292 e. The van der Waals surface area contributed by atoms with Gasteiger partial charge in [0.2, 0.25) is 0 Å². The van der Waals surface area contributed by atoms with Crippen LogP contribution in [0.25, 0.3) is 0 Å². The first-order valence-electron chi connectivity index (χ1n) is 14.5. The molecule has 2 heterocycles. The number of nitrogens with zero attached hydrogens (tertiary/aromatic N) is 1. The molecular weight excluding hydrogens is 528 g/mol. The molecule has 0 aromatic heterocycles. The minimum Gasteiger partial charge on any atom is -0.593 e. The van der Waals surface area contributed by atoms with Crippen LogP contribution in [0, 0.1) is 17.8 Å². The number of halogens is 1. The number of carbonyl (C=O) groups is 1. The zero-order chi connectivity index (χ0) is 27.1. The van der Waals surface area contributed by atoms with E-state index in [1.807, 2.05) is 31.2 Å². The van der Waals surface area contributed by atoms with E-state index in [1.165, 1.54) is 24.0 Å². The van der Waals surface area contributed by atoms with Crippen LogP contribution < -0.4 is 14.4 Å². The minimum atomic E-state index is -1.46. The lowest BCUT2D eigenvalue weighted by Gasteiger charge is -2.44. The number of anilines is 1. The van der Waals surface area contributed by atoms with Crippen molar-refractivity contribution in [1.29, 1.82) is 0 Å². The Morgan fingerprint density at radius 2 is 1.92 bits per heavy atom. The second-order valence-corrected chi connectivity index (χ2v) is 14.2. The maximum atomic E-state index is 13.3. The molecule has 1 fully saturated rings. The zero-order valence-electron chi connectivity index (χ0n) is 23.0. The number of aryl methyl sites for hydroxylation is 1. The predicted molar refractivity (Wildman–Crippen MR) is 159 cm³/mol. The molecule has 7 heteroatoms. The van der Waals surface area contributed by atoms with Gasteiger partial charge in [0.1, 0.15) is 11.0 Å². The number of ether oxygens (including phenoxy) is 1. The summed E-state index contributed by atoms with van der Waals surface area (Å²) in [5, 5.41) is 0.652. The topological polar surface area (TPSA) is 64.6 Å². The minimum absolute atomic E-state index is 0.132. The van der Waals surface area contributed by atoms with E-state index in [-0.39, 0.29) is 22.5 Å². The summed E-state index contributed by atoms with van der Waals surface area (Å²) >= 11 is 4.94. The summed E-state index contributed by atoms with van der Waals surface area (Å²) in [7, 11) is 0. The third-order valence-corrected chi connectivity index (χ3v) is 11.5. The third kappa shape index (κ3) is 5.32. The van der Waals surface area contributed by atoms with Gasteiger partial charge in [-0.1, -0.05) is 36.7 Å². The Kier molecular flexibility index (Phi) is 7.64. The Balaban J connectivity index is 1.39. The number of carbonyl (C=O) groups excluding carboxylic acids is 1. The molecular formula is C32H39ClN2O3S. The van der Waals surface area contributed by atoms with Crippen LogP contribution in [-0.4, -0.2) is 35.4 Å². The van der Waals surface area contributed by atoms with Gasteiger partial charge in [0.15, 0.2) is 0 Å². The van der Waals surface area contributed by atoms with Crippen LogP contribution in [0.2, 0.25) is 5.02 Å². The molecule has 6 unspecified atom stereocenters. The van der Waals surface area contributed by atoms with Gasteiger partial charge < -0.3 is 14.2 Å². The van der Waals surface area contributed by atoms with Gasteiger partial charge >= 0.3 is 0 Å². The summed E-state index contributed by atoms with van der Waals surface area (Å²) in [6, 6.07) is 12.0. The second kappa shape index (κ2) is 11.0. The molecule has 208 valence electrons. The molecule has 1 N–H and O–H groups in total. The quantitative estimate of drug-likeness (QED) is 0.288. The highest BCUT2D eigenvalue weighted by atomic mass is 35.5. The predicted octanol–water partition coefficient (Wildman–Crippen LogP) is 6.61. The molecule has 2 bridgehead atoms. The molecule has 2 aromatic rings. The molecule has 6 rings (SSSR count). The fourth-order valence-electron chi connectivity index (χ4n) is 6.95. The lowest BCUT2D eigenvalue weighted by molar-refractivity contribution is 0.0980. The van der Waals surface area contributed by atoms with Gasteiger partial charge in [-0.15, -0.1) is 0 Å². The summed E-state index contributed by atoms with van der Waals surface area (Å²) in [5.74, 6) is 2.02. The van der Waals surface area contributed by atoms with Gasteiger partial charge in [0, 0.05) is 35.0 Å². The number of allylic oxidation sites excluding steroid dienone is 2. The van der Waals surface area contributed by atoms with Crippen LogP contribution in [0.5, 0.6) is 5.75 Å². The number of rotatable bonds is 0. The van der Waals surface area contributed by atoms with Crippen LogP contribution in [0.4, 0.5) is 5.69 Å². The summed E-state index contributed by atoms with van der Waals surface area (Å²) < 4.78 is 22.4. The highest BCUT2D eigenvalue weighted by molar-refractivity contribution is 7.90. The van der Waals surface area contributed by atoms with Crippen molar-refractivity contribution < 1.29 is 14.1 Å². The molecule has 1 spiro atoms. The van der Waals surface area contributed by atoms with Gasteiger partial charge in [-0.3, -0.25) is 4.79 Å². The number of amides is 1. The van der Waals surface area contributed by atoms with E-state index in [9.17, 15) is 9.35 Å². The number of benzene rings is 2. The molecule has 2 aromatic carbocycles. The molecule has 4 aliphatic rings. The Morgan fingerprint density at radius 3 is 2.74 bits per heavy atom. The van der Waals surface area contributed by atoms with Gasteiger partial charge in [-0.2, -0.15) is 4.72 Å². The van der Waals surface area contributed by atoms with Crippen molar-refractivity contribution in [2.24, 2.45) is 17.8 Å². The summed E-state index contributed by atoms with van der Waals surface area (Å²) in [5.41, 5.74) is 4.05. The monoisotopic (exact) mass is 566 g/mol. The highest BCUT2D eigenvalue weighted by Gasteiger charge is 2.43. The Hall–Kier alpha value is -2.15. The molecule has 1 saturated carbocycles. The highest BCUT2D eigenvalue weighted by Crippen LogP contribution is 2.46. The van der Waals surface area contributed by atoms with E-state index in [0.29, 0.717) is 24.0 Å². The summed E-state index contributed by atoms with van der Waals surface area (Å²) in [6.45, 7) is 6.47. The standard InChI is InChI=1S/C32H39ClN2O3S/c1-21-6-3-4-7-23-9-10-26(23)18-35-19-32(15-5-8-24-16-27(33)12-13-28(24)32)20-38-30-14-11-25(17-29(30)35)31(36)34-39(37)22(21)2/h3-4,11-14,16-17,21-23,26H,5-10,15,18-20H2,1-2H3,(H,34,36)/b4-3-. The van der Waals surface area contributed by atoms with Crippen molar-refractivity contribution in [3.8, 4) is 5.75 Å². The first-order chi connectivity index (χ1) is 18.8. The average Bonchev–Trinajstić information content (AvgIpc) is 3.06. The number of nitrogens with one attached hydrogen (secondary N) is 1. The normalized spacial score (nSPS) is 33.6. The van der Waals surface area contributed by atoms with Gasteiger partial charge in [0.05, 0.1) is 23.7 Å². The molecule has 1 amide bonds. The van der Waals surface area contributed by atoms with Crippen LogP contribution in [0.3, 0.4) is 0 Å². The Morgan fingerprint density at radius 1 is 1.10 bits per heavy atom. The summed E-state index contributed by atoms with van der Waals surface area (Å²) in [4.78, 5) is 15.8. The maximum absolute atomic E-state index is 13.3. The SMILES string of the molecule is CC1C/C=C\CC2CCC2CN2CC3(CCCc4cc(Cl)ccc43)COc3ccc(cc32)C(=O)N[S+]([O-])C1C. The first kappa shape index (κ1) is 27.0. The fourth-order valence-corrected chi connectivity index (χ4v) is 8.17. The van der Waals surface area contributed by atoms with Crippen molar-refractivity contribution in [1.82, 2.24) is 4.72 Å². The van der Waals surface area contributed by atoms with E-state index >= 15 is 0 Å². The smallest absolute Gasteiger partial charge is 0.292 e. The second-order valence-electron chi connectivity index (χ2n) is 12.2. The lowest BCUT2D eigenvalue weighted by Crippen LogP contribution is -2.48. The van der Waals surface area contributed by atoms with Crippen molar-refractivity contribution in [2.45, 2.75) is 69.5 Å². The van der Waals surface area contributed by atoms with E-state index in [4.69, 9.17) is 16.3 Å². The van der Waals surface area contributed by atoms with Crippen LogP contribution in [0.1, 0.15) is 73.9 Å². The summed E-state index contributed by atoms with van der Waals surface area (Å²) in [6.07, 6.45) is 12.2. The van der Waals surface area contributed by atoms with E-state index in [1.54, 1.807) is 0 Å². The van der Waals surface area contributed by atoms with E-state index in [2.05, 4.69) is 40.8 Å². The van der Waals surface area contributed by atoms with Gasteiger partial charge in [0.25, 0.3) is 5.91 Å². The molecule has 0 radical (unpaired) electrons. The lowest BCUT2D eigenvalue weighted by atomic mass is 9.69. The molecule has 0 saturated heterocycles. The number of fused-ring (bicyclic) bond motifs is 4. The van der Waals surface area contributed by atoms with Gasteiger partial charge in [-0.25, -0.2) is 0 Å². The third-order valence-electron chi connectivity index (χ3n) is 9.77. The molecule has 2 aliphatic heterocycles. The number of hydrogen-bond donors (Lipinski definition) is 1. The molecule has 5 nitrogen and oxygen atoms in total. The molecule has 2 aliphatic carbocycles. The van der Waals surface area contributed by atoms with Crippen molar-refractivity contribution in [2.75, 3.05) is 24.6 Å². The van der Waals surface area contributed by atoms with E-state index in [0.717, 1.165) is 61.7 Å². The van der Waals surface area contributed by atoms with Crippen LogP contribution in [0.15, 0.2) is 48.6 Å². The molecule has 6 atom stereocenters. The Labute approximate surface area is 240 Å². The van der Waals surface area contributed by atoms with Crippen molar-refractivity contribution >= 4 is 34.6 Å². The van der Waals surface area contributed by atoms with Gasteiger partial charge in [-0.05, 0) is 105 Å². The van der Waals surface area contributed by atoms with Crippen LogP contribution >= 0.6 is 11.6 Å². The number of hydrogen-bond acceptors (Lipinski definition) is 4. The van der Waals surface area contributed by atoms with E-state index < -0.39 is 11.4 Å². The van der Waals surface area contributed by atoms with Crippen LogP contribution in [-0.2, 0) is 23.2 Å². The average molecular weight is 567 g/mol. The zero-order valence-corrected chi connectivity index (χ0v) is 24.5. The Bertz CT molecular complexity index is 1270. The molecule has 39 heavy (non-hydrogen) atoms. The first-order valence-corrected chi connectivity index (χ1v) is 16.1. The van der Waals surface area contributed by atoms with Crippen molar-refractivity contribution in [3.63, 3.8) is 0 Å². The largest absolute Gasteiger partial charge is 0.593 e.